The summed E-state index contributed by atoms with van der Waals surface area (Å²) in [4.78, 5) is 16.6. The number of aliphatic imine (C=N–C) groups is 1. The molecule has 0 saturated carbocycles. The summed E-state index contributed by atoms with van der Waals surface area (Å²) >= 11 is 0. The molecule has 2 aromatic carbocycles. The Balaban J connectivity index is 1.92. The van der Waals surface area contributed by atoms with Crippen LogP contribution in [-0.4, -0.2) is 31.6 Å². The number of nitrogens with zero attached hydrogens (tertiary/aromatic N) is 1. The second-order valence-corrected chi connectivity index (χ2v) is 7.54. The predicted octanol–water partition coefficient (Wildman–Crippen LogP) is 3.09. The summed E-state index contributed by atoms with van der Waals surface area (Å²) in [6.45, 7) is 7.09. The number of rotatable bonds is 6. The van der Waals surface area contributed by atoms with Crippen LogP contribution in [0.4, 0.5) is 0 Å². The lowest BCUT2D eigenvalue weighted by Gasteiger charge is -2.20. The maximum atomic E-state index is 12.3. The topological polar surface area (TPSA) is 74.8 Å². The number of guanidine groups is 1. The molecular weight excluding hydrogens is 352 g/mol. The highest BCUT2D eigenvalue weighted by atomic mass is 16.5. The van der Waals surface area contributed by atoms with Gasteiger partial charge in [-0.05, 0) is 56.2 Å². The number of ether oxygens (including phenoxy) is 1. The minimum atomic E-state index is -0.266. The Morgan fingerprint density at radius 1 is 1.00 bits per heavy atom. The first-order chi connectivity index (χ1) is 13.3. The summed E-state index contributed by atoms with van der Waals surface area (Å²) in [6.07, 6.45) is 0. The lowest BCUT2D eigenvalue weighted by atomic mass is 10.1. The molecule has 0 aliphatic carbocycles. The molecular formula is C22H30N4O2. The van der Waals surface area contributed by atoms with Gasteiger partial charge in [0.25, 0.3) is 5.91 Å². The van der Waals surface area contributed by atoms with Crippen molar-refractivity contribution in [2.75, 3.05) is 14.2 Å². The number of hydrogen-bond donors (Lipinski definition) is 3. The number of benzene rings is 2. The highest BCUT2D eigenvalue weighted by Gasteiger charge is 2.15. The Labute approximate surface area is 167 Å². The van der Waals surface area contributed by atoms with Gasteiger partial charge in [0.1, 0.15) is 5.75 Å². The third-order valence-electron chi connectivity index (χ3n) is 3.96. The average molecular weight is 383 g/mol. The van der Waals surface area contributed by atoms with E-state index in [2.05, 4.69) is 20.9 Å². The van der Waals surface area contributed by atoms with Gasteiger partial charge >= 0.3 is 0 Å². The van der Waals surface area contributed by atoms with Crippen LogP contribution in [0, 0.1) is 0 Å². The normalized spacial score (nSPS) is 11.7. The van der Waals surface area contributed by atoms with Crippen LogP contribution in [0.2, 0.25) is 0 Å². The number of nitrogens with one attached hydrogen (secondary N) is 3. The maximum absolute atomic E-state index is 12.3. The van der Waals surface area contributed by atoms with E-state index in [0.29, 0.717) is 24.6 Å². The zero-order valence-electron chi connectivity index (χ0n) is 17.3. The zero-order valence-corrected chi connectivity index (χ0v) is 17.3. The molecule has 6 heteroatoms. The van der Waals surface area contributed by atoms with Crippen LogP contribution in [0.25, 0.3) is 0 Å². The first kappa shape index (κ1) is 21.3. The second kappa shape index (κ2) is 9.78. The Morgan fingerprint density at radius 3 is 2.18 bits per heavy atom. The fourth-order valence-electron chi connectivity index (χ4n) is 2.61. The van der Waals surface area contributed by atoms with Crippen LogP contribution >= 0.6 is 0 Å². The van der Waals surface area contributed by atoms with Gasteiger partial charge < -0.3 is 20.7 Å². The fourth-order valence-corrected chi connectivity index (χ4v) is 2.61. The van der Waals surface area contributed by atoms with Crippen LogP contribution in [0.1, 0.15) is 42.3 Å². The van der Waals surface area contributed by atoms with E-state index in [4.69, 9.17) is 4.74 Å². The molecule has 0 saturated heterocycles. The molecule has 3 N–H and O–H groups in total. The lowest BCUT2D eigenvalue weighted by Crippen LogP contribution is -2.40. The lowest BCUT2D eigenvalue weighted by molar-refractivity contribution is 0.0919. The van der Waals surface area contributed by atoms with E-state index < -0.39 is 0 Å². The number of methoxy groups -OCH3 is 1. The Kier molecular flexibility index (Phi) is 7.44. The van der Waals surface area contributed by atoms with E-state index in [-0.39, 0.29) is 11.4 Å². The summed E-state index contributed by atoms with van der Waals surface area (Å²) < 4.78 is 5.25. The molecule has 0 bridgehead atoms. The third kappa shape index (κ3) is 6.95. The molecule has 0 aromatic heterocycles. The summed E-state index contributed by atoms with van der Waals surface area (Å²) in [6, 6.07) is 15.5. The molecule has 0 unspecified atom stereocenters. The van der Waals surface area contributed by atoms with E-state index in [0.717, 1.165) is 16.9 Å². The summed E-state index contributed by atoms with van der Waals surface area (Å²) in [5.41, 5.74) is 2.49. The molecule has 0 heterocycles. The van der Waals surface area contributed by atoms with Gasteiger partial charge in [-0.15, -0.1) is 0 Å². The molecule has 0 spiro atoms. The molecule has 0 fully saturated rings. The summed E-state index contributed by atoms with van der Waals surface area (Å²) in [7, 11) is 3.39. The molecule has 0 aliphatic heterocycles. The van der Waals surface area contributed by atoms with Crippen molar-refractivity contribution in [1.82, 2.24) is 16.0 Å². The molecule has 28 heavy (non-hydrogen) atoms. The van der Waals surface area contributed by atoms with Gasteiger partial charge in [0, 0.05) is 31.2 Å². The van der Waals surface area contributed by atoms with Crippen molar-refractivity contribution in [1.29, 1.82) is 0 Å². The Bertz CT molecular complexity index is 825. The molecule has 2 aromatic rings. The summed E-state index contributed by atoms with van der Waals surface area (Å²) in [5.74, 6) is 1.44. The van der Waals surface area contributed by atoms with Gasteiger partial charge in [-0.1, -0.05) is 24.3 Å². The molecule has 0 aliphatic rings. The van der Waals surface area contributed by atoms with Gasteiger partial charge in [0.2, 0.25) is 0 Å². The molecule has 0 atom stereocenters. The third-order valence-corrected chi connectivity index (χ3v) is 3.96. The van der Waals surface area contributed by atoms with Crippen molar-refractivity contribution < 1.29 is 9.53 Å². The average Bonchev–Trinajstić information content (AvgIpc) is 2.67. The molecule has 6 nitrogen and oxygen atoms in total. The Hall–Kier alpha value is -3.02. The van der Waals surface area contributed by atoms with Gasteiger partial charge in [-0.25, -0.2) is 0 Å². The quantitative estimate of drug-likeness (QED) is 0.530. The van der Waals surface area contributed by atoms with Crippen molar-refractivity contribution in [3.8, 4) is 5.75 Å². The first-order valence-corrected chi connectivity index (χ1v) is 9.29. The maximum Gasteiger partial charge on any atom is 0.251 e. The molecule has 0 radical (unpaired) electrons. The number of carbonyl (C=O) groups is 1. The van der Waals surface area contributed by atoms with Crippen LogP contribution in [0.3, 0.4) is 0 Å². The predicted molar refractivity (Wildman–Crippen MR) is 114 cm³/mol. The van der Waals surface area contributed by atoms with E-state index in [1.807, 2.05) is 69.3 Å². The van der Waals surface area contributed by atoms with Crippen LogP contribution in [-0.2, 0) is 13.1 Å². The smallest absolute Gasteiger partial charge is 0.251 e. The zero-order chi connectivity index (χ0) is 20.6. The van der Waals surface area contributed by atoms with Gasteiger partial charge in [0.15, 0.2) is 5.96 Å². The SMILES string of the molecule is CN=C(NCc1cccc(OC)c1)NCc1cccc(C(=O)NC(C)(C)C)c1. The first-order valence-electron chi connectivity index (χ1n) is 9.29. The van der Waals surface area contributed by atoms with Crippen LogP contribution < -0.4 is 20.7 Å². The van der Waals surface area contributed by atoms with E-state index >= 15 is 0 Å². The molecule has 1 amide bonds. The van der Waals surface area contributed by atoms with E-state index in [1.165, 1.54) is 0 Å². The van der Waals surface area contributed by atoms with Crippen molar-refractivity contribution in [2.24, 2.45) is 4.99 Å². The minimum absolute atomic E-state index is 0.0742. The van der Waals surface area contributed by atoms with Gasteiger partial charge in [-0.3, -0.25) is 9.79 Å². The van der Waals surface area contributed by atoms with Crippen molar-refractivity contribution >= 4 is 11.9 Å². The van der Waals surface area contributed by atoms with Crippen molar-refractivity contribution in [3.05, 3.63) is 65.2 Å². The summed E-state index contributed by atoms with van der Waals surface area (Å²) in [5, 5.41) is 9.54. The van der Waals surface area contributed by atoms with Crippen molar-refractivity contribution in [3.63, 3.8) is 0 Å². The molecule has 150 valence electrons. The Morgan fingerprint density at radius 2 is 1.61 bits per heavy atom. The highest BCUT2D eigenvalue weighted by Crippen LogP contribution is 2.12. The van der Waals surface area contributed by atoms with E-state index in [1.54, 1.807) is 14.2 Å². The largest absolute Gasteiger partial charge is 0.497 e. The van der Waals surface area contributed by atoms with Crippen LogP contribution in [0.5, 0.6) is 5.75 Å². The number of hydrogen-bond acceptors (Lipinski definition) is 3. The van der Waals surface area contributed by atoms with Gasteiger partial charge in [0.05, 0.1) is 7.11 Å². The number of amides is 1. The standard InChI is InChI=1S/C22H30N4O2/c1-22(2,3)26-20(27)18-10-6-8-16(12-18)14-24-21(23-4)25-15-17-9-7-11-19(13-17)28-5/h6-13H,14-15H2,1-5H3,(H,26,27)(H2,23,24,25). The van der Waals surface area contributed by atoms with Gasteiger partial charge in [-0.2, -0.15) is 0 Å². The minimum Gasteiger partial charge on any atom is -0.497 e. The van der Waals surface area contributed by atoms with E-state index in [9.17, 15) is 4.79 Å². The highest BCUT2D eigenvalue weighted by molar-refractivity contribution is 5.94. The van der Waals surface area contributed by atoms with Crippen LogP contribution in [0.15, 0.2) is 53.5 Å². The second-order valence-electron chi connectivity index (χ2n) is 7.54. The fraction of sp³-hybridized carbons (Fsp3) is 0.364. The monoisotopic (exact) mass is 382 g/mol. The number of carbonyl (C=O) groups excluding carboxylic acids is 1. The van der Waals surface area contributed by atoms with Crippen molar-refractivity contribution in [2.45, 2.75) is 39.4 Å². The molecule has 2 rings (SSSR count).